The fraction of sp³-hybridized carbons (Fsp3) is 0.0303. The predicted octanol–water partition coefficient (Wildman–Crippen LogP) is 14.8. The van der Waals surface area contributed by atoms with Crippen molar-refractivity contribution in [2.75, 3.05) is 13.3 Å². The molecule has 0 heterocycles. The summed E-state index contributed by atoms with van der Waals surface area (Å²) in [4.78, 5) is 0. The van der Waals surface area contributed by atoms with E-state index in [1.807, 2.05) is 60.7 Å². The van der Waals surface area contributed by atoms with Crippen LogP contribution < -0.4 is 31.8 Å². The first kappa shape index (κ1) is 63.7. The molecule has 0 aliphatic carbocycles. The number of hydrogen-bond donors (Lipinski definition) is 0. The van der Waals surface area contributed by atoms with Crippen molar-refractivity contribution in [2.24, 2.45) is 0 Å². The third-order valence-corrected chi connectivity index (χ3v) is 19.4. The Bertz CT molecular complexity index is 3000. The minimum atomic E-state index is -2.17. The Balaban J connectivity index is 0.000000212. The van der Waals surface area contributed by atoms with Gasteiger partial charge in [0.15, 0.2) is 0 Å². The van der Waals surface area contributed by atoms with Crippen molar-refractivity contribution in [3.05, 3.63) is 337 Å². The normalized spacial score (nSPS) is 10.2. The van der Waals surface area contributed by atoms with Crippen LogP contribution in [0.3, 0.4) is 0 Å². The van der Waals surface area contributed by atoms with Crippen molar-refractivity contribution in [3.63, 3.8) is 0 Å². The second kappa shape index (κ2) is 32.2. The third-order valence-electron chi connectivity index (χ3n) is 11.5. The molecule has 0 spiro atoms. The summed E-state index contributed by atoms with van der Waals surface area (Å²) in [5.74, 6) is -15.5. The van der Waals surface area contributed by atoms with Gasteiger partial charge in [-0.05, 0) is 72.8 Å². The maximum Gasteiger partial charge on any atom is 2.00 e. The van der Waals surface area contributed by atoms with Gasteiger partial charge in [0, 0.05) is 0 Å². The topological polar surface area (TPSA) is 0 Å². The molecule has 0 N–H and O–H groups in total. The third kappa shape index (κ3) is 17.6. The molecule has 0 fully saturated rings. The van der Waals surface area contributed by atoms with E-state index in [2.05, 4.69) is 207 Å². The molecular formula is C66H46F10P2Pt. The van der Waals surface area contributed by atoms with Crippen molar-refractivity contribution < 1.29 is 65.0 Å². The maximum atomic E-state index is 12.0. The van der Waals surface area contributed by atoms with E-state index < -0.39 is 72.7 Å². The van der Waals surface area contributed by atoms with E-state index in [4.69, 9.17) is 12.8 Å². The molecule has 0 aliphatic heterocycles. The summed E-state index contributed by atoms with van der Waals surface area (Å²) in [5.41, 5.74) is 1.65. The van der Waals surface area contributed by atoms with Gasteiger partial charge in [0.2, 0.25) is 0 Å². The Hall–Kier alpha value is -7.83. The van der Waals surface area contributed by atoms with Crippen LogP contribution in [-0.2, 0) is 21.1 Å². The summed E-state index contributed by atoms with van der Waals surface area (Å²) in [7, 11) is -3.05. The first-order valence-electron chi connectivity index (χ1n) is 23.4. The van der Waals surface area contributed by atoms with Gasteiger partial charge >= 0.3 is 21.1 Å². The van der Waals surface area contributed by atoms with E-state index in [9.17, 15) is 43.9 Å². The van der Waals surface area contributed by atoms with Crippen LogP contribution in [0.1, 0.15) is 11.1 Å². The first-order valence-corrected chi connectivity index (χ1v) is 27.9. The Morgan fingerprint density at radius 2 is 0.418 bits per heavy atom. The van der Waals surface area contributed by atoms with E-state index >= 15 is 0 Å². The fourth-order valence-electron chi connectivity index (χ4n) is 7.28. The monoisotopic (exact) mass is 1290 g/mol. The van der Waals surface area contributed by atoms with E-state index in [0.717, 1.165) is 23.3 Å². The molecule has 0 unspecified atom stereocenters. The molecule has 10 rings (SSSR count). The molecule has 0 bridgehead atoms. The zero-order chi connectivity index (χ0) is 56.5. The summed E-state index contributed by atoms with van der Waals surface area (Å²) in [6.07, 6.45) is 13.4. The van der Waals surface area contributed by atoms with Crippen LogP contribution in [0.4, 0.5) is 43.9 Å². The molecule has 79 heavy (non-hydrogen) atoms. The van der Waals surface area contributed by atoms with Crippen LogP contribution in [-0.4, -0.2) is 13.3 Å². The fourth-order valence-corrected chi connectivity index (χ4v) is 13.7. The first-order chi connectivity index (χ1) is 37.6. The van der Waals surface area contributed by atoms with Crippen LogP contribution in [0.2, 0.25) is 0 Å². The summed E-state index contributed by atoms with van der Waals surface area (Å²) >= 11 is 0. The zero-order valence-corrected chi connectivity index (χ0v) is 46.1. The summed E-state index contributed by atoms with van der Waals surface area (Å²) < 4.78 is 120. The number of rotatable bonds is 6. The van der Waals surface area contributed by atoms with Gasteiger partial charge in [-0.3, -0.25) is 29.4 Å². The molecule has 0 radical (unpaired) electrons. The summed E-state index contributed by atoms with van der Waals surface area (Å²) in [6.45, 7) is 4.82. The number of halogens is 10. The molecule has 0 saturated heterocycles. The van der Waals surface area contributed by atoms with Crippen molar-refractivity contribution >= 4 is 46.4 Å². The van der Waals surface area contributed by atoms with Crippen molar-refractivity contribution in [1.29, 1.82) is 0 Å². The van der Waals surface area contributed by atoms with Gasteiger partial charge in [0.05, 0.1) is 71.5 Å². The Labute approximate surface area is 470 Å². The molecule has 13 heteroatoms. The van der Waals surface area contributed by atoms with Gasteiger partial charge in [-0.2, -0.15) is 0 Å². The summed E-state index contributed by atoms with van der Waals surface area (Å²) in [5, 5.41) is 8.57. The van der Waals surface area contributed by atoms with Gasteiger partial charge in [-0.1, -0.05) is 146 Å². The quantitative estimate of drug-likeness (QED) is 0.0389. The van der Waals surface area contributed by atoms with E-state index in [0.29, 0.717) is 0 Å². The number of hydrogen-bond acceptors (Lipinski definition) is 0. The second-order valence-electron chi connectivity index (χ2n) is 16.4. The van der Waals surface area contributed by atoms with Crippen molar-refractivity contribution in [3.8, 4) is 11.8 Å². The number of benzene rings is 10. The van der Waals surface area contributed by atoms with Gasteiger partial charge in [0.1, 0.15) is 46.4 Å². The Kier molecular flexibility index (Phi) is 25.9. The molecule has 0 aliphatic rings. The van der Waals surface area contributed by atoms with Crippen LogP contribution in [0.25, 0.3) is 0 Å². The zero-order valence-electron chi connectivity index (χ0n) is 42.1. The minimum Gasteiger partial charge on any atom is -0.366 e. The molecular weight excluding hydrogens is 1240 g/mol. The molecule has 0 saturated carbocycles. The summed E-state index contributed by atoms with van der Waals surface area (Å²) in [6, 6.07) is 86.1. The van der Waals surface area contributed by atoms with Gasteiger partial charge < -0.3 is 12.8 Å². The van der Waals surface area contributed by atoms with E-state index in [1.54, 1.807) is 0 Å². The van der Waals surface area contributed by atoms with Crippen LogP contribution in [0, 0.1) is 95.0 Å². The molecule has 0 aromatic heterocycles. The SMILES string of the molecule is C[P+](c1ccccc1)(c1ccccc1)c1ccccc1.C[P+](c1ccccc1)(c1ccccc1)c1ccccc1.Fc1[c-]c(F)c(F)c(F)c1F.Fc1[c-]c(F)c(F)c(F)c1F.[C-]#Cc1ccccc1.[C-]#Cc1ccccc1.[Pt+2]. The predicted molar refractivity (Wildman–Crippen MR) is 298 cm³/mol. The largest absolute Gasteiger partial charge is 2.00 e. The van der Waals surface area contributed by atoms with E-state index in [1.165, 1.54) is 31.8 Å². The standard InChI is InChI=1S/2C19H18P.2C8H5.2C6F5.Pt/c2*1-20(17-11-5-2-6-12-17,18-13-7-3-8-14-18)19-15-9-4-10-16-19;2*1-2-8-6-4-3-5-7-8;2*7-2-1-3(8)5(10)6(11)4(2)9;/h2*2-16H,1H3;2*3-7H;;;/q2*+1;4*-1;+2. The second-order valence-corrected chi connectivity index (χ2v) is 23.5. The molecule has 10 aromatic carbocycles. The Morgan fingerprint density at radius 1 is 0.266 bits per heavy atom. The van der Waals surface area contributed by atoms with Gasteiger partial charge in [-0.25, -0.2) is 26.3 Å². The molecule has 0 atom stereocenters. The molecule has 10 aromatic rings. The van der Waals surface area contributed by atoms with Crippen molar-refractivity contribution in [1.82, 2.24) is 0 Å². The van der Waals surface area contributed by atoms with Crippen LogP contribution in [0.5, 0.6) is 0 Å². The van der Waals surface area contributed by atoms with Crippen LogP contribution >= 0.6 is 14.5 Å². The molecule has 400 valence electrons. The van der Waals surface area contributed by atoms with Gasteiger partial charge in [0.25, 0.3) is 0 Å². The average molecular weight is 1290 g/mol. The van der Waals surface area contributed by atoms with Crippen molar-refractivity contribution in [2.45, 2.75) is 0 Å². The smallest absolute Gasteiger partial charge is 0.366 e. The van der Waals surface area contributed by atoms with Crippen LogP contribution in [0.15, 0.2) is 243 Å². The maximum absolute atomic E-state index is 12.0. The Morgan fingerprint density at radius 3 is 0.557 bits per heavy atom. The van der Waals surface area contributed by atoms with Gasteiger partial charge in [-0.15, -0.1) is 47.5 Å². The molecule has 0 nitrogen and oxygen atoms in total. The van der Waals surface area contributed by atoms with E-state index in [-0.39, 0.29) is 21.1 Å². The molecule has 0 amide bonds. The average Bonchev–Trinajstić information content (AvgIpc) is 3.54. The minimum absolute atomic E-state index is 0.